The van der Waals surface area contributed by atoms with Crippen LogP contribution in [-0.4, -0.2) is 33.0 Å². The number of nitrogens with zero attached hydrogens (tertiary/aromatic N) is 4. The third-order valence-electron chi connectivity index (χ3n) is 4.62. The number of anilines is 3. The predicted octanol–water partition coefficient (Wildman–Crippen LogP) is 3.92. The second kappa shape index (κ2) is 7.63. The number of aromatic nitrogens is 3. The van der Waals surface area contributed by atoms with E-state index in [-0.39, 0.29) is 17.5 Å². The van der Waals surface area contributed by atoms with Crippen LogP contribution in [0.25, 0.3) is 0 Å². The zero-order valence-electron chi connectivity index (χ0n) is 15.6. The van der Waals surface area contributed by atoms with Crippen LogP contribution in [0.1, 0.15) is 11.1 Å². The summed E-state index contributed by atoms with van der Waals surface area (Å²) < 4.78 is 15.1. The fraction of sp³-hybridized carbons (Fsp3) is 0.250. The Morgan fingerprint density at radius 2 is 1.93 bits per heavy atom. The van der Waals surface area contributed by atoms with E-state index in [1.807, 2.05) is 41.5 Å². The molecule has 2 heterocycles. The third kappa shape index (κ3) is 3.73. The van der Waals surface area contributed by atoms with Crippen molar-refractivity contribution in [1.29, 1.82) is 0 Å². The molecule has 1 aromatic heterocycles. The van der Waals surface area contributed by atoms with Crippen LogP contribution in [0.3, 0.4) is 0 Å². The van der Waals surface area contributed by atoms with Gasteiger partial charge in [-0.1, -0.05) is 23.9 Å². The highest BCUT2D eigenvalue weighted by Crippen LogP contribution is 2.32. The standard InChI is InChI=1S/C20H20FN5OS/c1-13-3-4-14(2)17(11-13)22-18(27)12-28-20-24-23-19-25(9-10-26(19)20)16-7-5-15(21)6-8-16/h3-8,11H,9-10,12H2,1-2H3,(H,22,27). The van der Waals surface area contributed by atoms with Gasteiger partial charge in [-0.3, -0.25) is 9.36 Å². The molecule has 0 saturated carbocycles. The lowest BCUT2D eigenvalue weighted by Gasteiger charge is -2.14. The second-order valence-corrected chi connectivity index (χ2v) is 7.66. The number of amides is 1. The summed E-state index contributed by atoms with van der Waals surface area (Å²) in [5.74, 6) is 0.617. The first kappa shape index (κ1) is 18.5. The monoisotopic (exact) mass is 397 g/mol. The lowest BCUT2D eigenvalue weighted by molar-refractivity contribution is -0.113. The van der Waals surface area contributed by atoms with Gasteiger partial charge in [-0.2, -0.15) is 0 Å². The summed E-state index contributed by atoms with van der Waals surface area (Å²) in [4.78, 5) is 14.3. The molecule has 0 unspecified atom stereocenters. The second-order valence-electron chi connectivity index (χ2n) is 6.72. The Bertz CT molecular complexity index is 1020. The topological polar surface area (TPSA) is 63.1 Å². The molecule has 28 heavy (non-hydrogen) atoms. The molecule has 0 spiro atoms. The van der Waals surface area contributed by atoms with E-state index in [0.29, 0.717) is 11.1 Å². The Hall–Kier alpha value is -2.87. The average molecular weight is 397 g/mol. The molecule has 144 valence electrons. The highest BCUT2D eigenvalue weighted by atomic mass is 32.2. The molecule has 3 aromatic rings. The third-order valence-corrected chi connectivity index (χ3v) is 5.59. The van der Waals surface area contributed by atoms with Crippen molar-refractivity contribution in [2.24, 2.45) is 0 Å². The molecule has 0 atom stereocenters. The van der Waals surface area contributed by atoms with E-state index in [2.05, 4.69) is 15.5 Å². The van der Waals surface area contributed by atoms with Gasteiger partial charge < -0.3 is 10.2 Å². The van der Waals surface area contributed by atoms with Crippen molar-refractivity contribution in [3.8, 4) is 0 Å². The number of halogens is 1. The number of thioether (sulfide) groups is 1. The van der Waals surface area contributed by atoms with Crippen LogP contribution in [-0.2, 0) is 11.3 Å². The number of hydrogen-bond donors (Lipinski definition) is 1. The Kier molecular flexibility index (Phi) is 5.04. The van der Waals surface area contributed by atoms with Crippen molar-refractivity contribution in [3.63, 3.8) is 0 Å². The zero-order chi connectivity index (χ0) is 19.7. The number of fused-ring (bicyclic) bond motifs is 1. The maximum Gasteiger partial charge on any atom is 0.234 e. The first-order valence-electron chi connectivity index (χ1n) is 8.97. The summed E-state index contributed by atoms with van der Waals surface area (Å²) in [5, 5.41) is 12.1. The number of benzene rings is 2. The number of hydrogen-bond acceptors (Lipinski definition) is 5. The van der Waals surface area contributed by atoms with Gasteiger partial charge >= 0.3 is 0 Å². The molecule has 0 aliphatic carbocycles. The summed E-state index contributed by atoms with van der Waals surface area (Å²) in [6.45, 7) is 5.42. The lowest BCUT2D eigenvalue weighted by Crippen LogP contribution is -2.15. The van der Waals surface area contributed by atoms with Crippen LogP contribution in [0.4, 0.5) is 21.7 Å². The Balaban J connectivity index is 1.42. The number of carbonyl (C=O) groups excluding carboxylic acids is 1. The molecule has 0 saturated heterocycles. The van der Waals surface area contributed by atoms with Gasteiger partial charge in [-0.05, 0) is 55.3 Å². The maximum absolute atomic E-state index is 13.2. The van der Waals surface area contributed by atoms with Crippen LogP contribution in [0, 0.1) is 19.7 Å². The van der Waals surface area contributed by atoms with Gasteiger partial charge in [0, 0.05) is 24.5 Å². The first-order chi connectivity index (χ1) is 13.5. The van der Waals surface area contributed by atoms with E-state index in [1.54, 1.807) is 12.1 Å². The fourth-order valence-electron chi connectivity index (χ4n) is 3.14. The van der Waals surface area contributed by atoms with E-state index in [0.717, 1.165) is 35.6 Å². The maximum atomic E-state index is 13.2. The van der Waals surface area contributed by atoms with Crippen molar-refractivity contribution in [1.82, 2.24) is 14.8 Å². The first-order valence-corrected chi connectivity index (χ1v) is 9.96. The molecule has 1 aliphatic heterocycles. The van der Waals surface area contributed by atoms with Gasteiger partial charge in [0.05, 0.1) is 5.75 Å². The summed E-state index contributed by atoms with van der Waals surface area (Å²) >= 11 is 1.36. The van der Waals surface area contributed by atoms with Gasteiger partial charge in [-0.25, -0.2) is 4.39 Å². The highest BCUT2D eigenvalue weighted by Gasteiger charge is 2.26. The molecular formula is C20H20FN5OS. The van der Waals surface area contributed by atoms with Gasteiger partial charge in [0.15, 0.2) is 5.16 Å². The van der Waals surface area contributed by atoms with Crippen LogP contribution < -0.4 is 10.2 Å². The summed E-state index contributed by atoms with van der Waals surface area (Å²) in [6, 6.07) is 12.3. The molecule has 4 rings (SSSR count). The predicted molar refractivity (Wildman–Crippen MR) is 109 cm³/mol. The van der Waals surface area contributed by atoms with Crippen molar-refractivity contribution in [2.45, 2.75) is 25.5 Å². The van der Waals surface area contributed by atoms with Gasteiger partial charge in [-0.15, -0.1) is 10.2 Å². The SMILES string of the molecule is Cc1ccc(C)c(NC(=O)CSc2nnc3n2CCN3c2ccc(F)cc2)c1. The number of rotatable bonds is 5. The summed E-state index contributed by atoms with van der Waals surface area (Å²) in [7, 11) is 0. The molecule has 1 aliphatic rings. The zero-order valence-corrected chi connectivity index (χ0v) is 16.5. The summed E-state index contributed by atoms with van der Waals surface area (Å²) in [6.07, 6.45) is 0. The van der Waals surface area contributed by atoms with Crippen LogP contribution in [0.5, 0.6) is 0 Å². The van der Waals surface area contributed by atoms with Crippen LogP contribution in [0.2, 0.25) is 0 Å². The summed E-state index contributed by atoms with van der Waals surface area (Å²) in [5.41, 5.74) is 3.84. The Morgan fingerprint density at radius 3 is 2.71 bits per heavy atom. The minimum absolute atomic E-state index is 0.0792. The minimum atomic E-state index is -0.268. The smallest absolute Gasteiger partial charge is 0.234 e. The lowest BCUT2D eigenvalue weighted by atomic mass is 10.1. The quantitative estimate of drug-likeness (QED) is 0.661. The van der Waals surface area contributed by atoms with E-state index in [9.17, 15) is 9.18 Å². The molecule has 2 aromatic carbocycles. The van der Waals surface area contributed by atoms with Gasteiger partial charge in [0.2, 0.25) is 11.9 Å². The van der Waals surface area contributed by atoms with Crippen LogP contribution >= 0.6 is 11.8 Å². The van der Waals surface area contributed by atoms with Crippen molar-refractivity contribution < 1.29 is 9.18 Å². The molecule has 0 radical (unpaired) electrons. The van der Waals surface area contributed by atoms with E-state index in [1.165, 1.54) is 23.9 Å². The Morgan fingerprint density at radius 1 is 1.14 bits per heavy atom. The number of nitrogens with one attached hydrogen (secondary N) is 1. The average Bonchev–Trinajstić information content (AvgIpc) is 3.26. The number of aryl methyl sites for hydroxylation is 2. The highest BCUT2D eigenvalue weighted by molar-refractivity contribution is 7.99. The molecule has 6 nitrogen and oxygen atoms in total. The Labute approximate surface area is 166 Å². The van der Waals surface area contributed by atoms with E-state index in [4.69, 9.17) is 0 Å². The largest absolute Gasteiger partial charge is 0.325 e. The molecule has 1 N–H and O–H groups in total. The van der Waals surface area contributed by atoms with Crippen LogP contribution in [0.15, 0.2) is 47.6 Å². The van der Waals surface area contributed by atoms with Crippen molar-refractivity contribution in [3.05, 3.63) is 59.4 Å². The normalized spacial score (nSPS) is 12.9. The van der Waals surface area contributed by atoms with Gasteiger partial charge in [0.1, 0.15) is 5.82 Å². The molecule has 1 amide bonds. The van der Waals surface area contributed by atoms with Crippen molar-refractivity contribution in [2.75, 3.05) is 22.5 Å². The molecule has 0 bridgehead atoms. The molecular weight excluding hydrogens is 377 g/mol. The molecule has 8 heteroatoms. The van der Waals surface area contributed by atoms with Crippen molar-refractivity contribution >= 4 is 35.0 Å². The van der Waals surface area contributed by atoms with E-state index < -0.39 is 0 Å². The van der Waals surface area contributed by atoms with Gasteiger partial charge in [0.25, 0.3) is 0 Å². The fourth-order valence-corrected chi connectivity index (χ4v) is 3.90. The minimum Gasteiger partial charge on any atom is -0.325 e. The molecule has 0 fully saturated rings. The number of carbonyl (C=O) groups is 1. The van der Waals surface area contributed by atoms with E-state index >= 15 is 0 Å².